The lowest BCUT2D eigenvalue weighted by Crippen LogP contribution is -2.15. The number of ketones is 1. The quantitative estimate of drug-likeness (QED) is 0.679. The third kappa shape index (κ3) is 3.32. The summed E-state index contributed by atoms with van der Waals surface area (Å²) >= 11 is 5.49. The molecule has 1 heterocycles. The molecule has 102 valence electrons. The maximum Gasteiger partial charge on any atom is 0.256 e. The third-order valence-electron chi connectivity index (χ3n) is 3.68. The molecular weight excluding hydrogens is 264 g/mol. The minimum Gasteiger partial charge on any atom is -0.383 e. The monoisotopic (exact) mass is 280 g/mol. The van der Waals surface area contributed by atoms with Gasteiger partial charge >= 0.3 is 0 Å². The number of Topliss-reactive ketones (excluding diaryl/α,β-unsaturated/α-hetero) is 1. The van der Waals surface area contributed by atoms with E-state index in [1.165, 1.54) is 31.5 Å². The minimum atomic E-state index is -0.724. The highest BCUT2D eigenvalue weighted by Gasteiger charge is 2.23. The second-order valence-corrected chi connectivity index (χ2v) is 5.37. The number of hydrogen-bond acceptors (Lipinski definition) is 4. The molecule has 5 heteroatoms. The Kier molecular flexibility index (Phi) is 4.53. The molecule has 1 fully saturated rings. The van der Waals surface area contributed by atoms with Crippen molar-refractivity contribution in [2.45, 2.75) is 38.5 Å². The Bertz CT molecular complexity index is 496. The molecular formula is C14H17ClN2O2. The van der Waals surface area contributed by atoms with Crippen LogP contribution in [-0.2, 0) is 0 Å². The maximum atomic E-state index is 12.3. The number of nitrogens with two attached hydrogens (primary N) is 1. The van der Waals surface area contributed by atoms with Gasteiger partial charge in [0.2, 0.25) is 0 Å². The van der Waals surface area contributed by atoms with E-state index in [9.17, 15) is 9.59 Å². The van der Waals surface area contributed by atoms with Gasteiger partial charge in [0.15, 0.2) is 5.78 Å². The Balaban J connectivity index is 2.18. The molecule has 0 atom stereocenters. The van der Waals surface area contributed by atoms with E-state index in [1.54, 1.807) is 0 Å². The third-order valence-corrected chi connectivity index (χ3v) is 3.87. The number of carbonyl (C=O) groups is 2. The minimum absolute atomic E-state index is 0.0227. The van der Waals surface area contributed by atoms with Crippen LogP contribution in [0.2, 0.25) is 0 Å². The van der Waals surface area contributed by atoms with Crippen molar-refractivity contribution in [2.75, 3.05) is 5.73 Å². The first-order valence-electron chi connectivity index (χ1n) is 6.57. The average molecular weight is 281 g/mol. The maximum absolute atomic E-state index is 12.3. The van der Waals surface area contributed by atoms with Gasteiger partial charge in [-0.25, -0.2) is 4.98 Å². The zero-order chi connectivity index (χ0) is 13.8. The van der Waals surface area contributed by atoms with E-state index < -0.39 is 5.24 Å². The predicted octanol–water partition coefficient (Wildman–Crippen LogP) is 3.20. The van der Waals surface area contributed by atoms with Crippen molar-refractivity contribution in [3.8, 4) is 0 Å². The highest BCUT2D eigenvalue weighted by Crippen LogP contribution is 2.28. The molecule has 4 nitrogen and oxygen atoms in total. The van der Waals surface area contributed by atoms with Gasteiger partial charge in [-0.2, -0.15) is 0 Å². The molecule has 0 aromatic carbocycles. The van der Waals surface area contributed by atoms with Gasteiger partial charge < -0.3 is 5.73 Å². The molecule has 2 N–H and O–H groups in total. The van der Waals surface area contributed by atoms with Crippen LogP contribution in [0.15, 0.2) is 12.3 Å². The van der Waals surface area contributed by atoms with Gasteiger partial charge in [0, 0.05) is 18.2 Å². The topological polar surface area (TPSA) is 73.0 Å². The van der Waals surface area contributed by atoms with Crippen LogP contribution in [0.3, 0.4) is 0 Å². The normalized spacial score (nSPS) is 16.3. The second-order valence-electron chi connectivity index (χ2n) is 5.02. The Morgan fingerprint density at radius 1 is 1.32 bits per heavy atom. The summed E-state index contributed by atoms with van der Waals surface area (Å²) < 4.78 is 0. The fraction of sp³-hybridized carbons (Fsp3) is 0.500. The van der Waals surface area contributed by atoms with Gasteiger partial charge in [-0.3, -0.25) is 9.59 Å². The van der Waals surface area contributed by atoms with Gasteiger partial charge in [-0.1, -0.05) is 32.1 Å². The molecule has 0 radical (unpaired) electrons. The number of hydrogen-bond donors (Lipinski definition) is 1. The van der Waals surface area contributed by atoms with Gasteiger partial charge in [0.05, 0.1) is 5.56 Å². The molecule has 2 rings (SSSR count). The van der Waals surface area contributed by atoms with Gasteiger partial charge in [-0.15, -0.1) is 0 Å². The highest BCUT2D eigenvalue weighted by atomic mass is 35.5. The zero-order valence-electron chi connectivity index (χ0n) is 10.7. The van der Waals surface area contributed by atoms with Crippen LogP contribution in [0.1, 0.15) is 59.2 Å². The number of carbonyl (C=O) groups excluding carboxylic acids is 2. The van der Waals surface area contributed by atoms with Crippen molar-refractivity contribution >= 4 is 28.4 Å². The molecule has 0 amide bonds. The van der Waals surface area contributed by atoms with Crippen LogP contribution in [0.25, 0.3) is 0 Å². The van der Waals surface area contributed by atoms with Gasteiger partial charge in [-0.05, 0) is 23.6 Å². The summed E-state index contributed by atoms with van der Waals surface area (Å²) in [4.78, 5) is 27.5. The van der Waals surface area contributed by atoms with E-state index in [-0.39, 0.29) is 17.2 Å². The second kappa shape index (κ2) is 6.15. The molecule has 1 aromatic heterocycles. The number of halogens is 1. The molecule has 0 spiro atoms. The van der Waals surface area contributed by atoms with Crippen LogP contribution in [0, 0.1) is 5.92 Å². The van der Waals surface area contributed by atoms with E-state index >= 15 is 0 Å². The SMILES string of the molecule is Nc1nccc(C(=O)CC2CCCCC2)c1C(=O)Cl. The molecule has 1 saturated carbocycles. The number of pyridine rings is 1. The number of nitrogens with zero attached hydrogens (tertiary/aromatic N) is 1. The van der Waals surface area contributed by atoms with Crippen LogP contribution in [0.4, 0.5) is 5.82 Å². The lowest BCUT2D eigenvalue weighted by Gasteiger charge is -2.21. The van der Waals surface area contributed by atoms with Crippen LogP contribution in [-0.4, -0.2) is 16.0 Å². The Hall–Kier alpha value is -1.42. The Morgan fingerprint density at radius 2 is 2.00 bits per heavy atom. The van der Waals surface area contributed by atoms with Crippen LogP contribution >= 0.6 is 11.6 Å². The number of aromatic nitrogens is 1. The van der Waals surface area contributed by atoms with Gasteiger partial charge in [0.1, 0.15) is 5.82 Å². The summed E-state index contributed by atoms with van der Waals surface area (Å²) in [5.41, 5.74) is 5.97. The summed E-state index contributed by atoms with van der Waals surface area (Å²) in [6.45, 7) is 0. The van der Waals surface area contributed by atoms with Crippen LogP contribution in [0.5, 0.6) is 0 Å². The van der Waals surface area contributed by atoms with E-state index in [4.69, 9.17) is 17.3 Å². The number of rotatable bonds is 4. The Morgan fingerprint density at radius 3 is 2.63 bits per heavy atom. The molecule has 0 saturated heterocycles. The van der Waals surface area contributed by atoms with Gasteiger partial charge in [0.25, 0.3) is 5.24 Å². The first-order chi connectivity index (χ1) is 9.09. The molecule has 1 aliphatic carbocycles. The van der Waals surface area contributed by atoms with E-state index in [0.717, 1.165) is 12.8 Å². The summed E-state index contributed by atoms with van der Waals surface area (Å²) in [5.74, 6) is 0.369. The van der Waals surface area contributed by atoms with Crippen LogP contribution < -0.4 is 5.73 Å². The molecule has 0 aliphatic heterocycles. The van der Waals surface area contributed by atoms with Crippen molar-refractivity contribution < 1.29 is 9.59 Å². The summed E-state index contributed by atoms with van der Waals surface area (Å²) in [7, 11) is 0. The Labute approximate surface area is 117 Å². The molecule has 19 heavy (non-hydrogen) atoms. The summed E-state index contributed by atoms with van der Waals surface area (Å²) in [6, 6.07) is 1.52. The van der Waals surface area contributed by atoms with Crippen molar-refractivity contribution in [1.82, 2.24) is 4.98 Å². The summed E-state index contributed by atoms with van der Waals surface area (Å²) in [6.07, 6.45) is 7.66. The molecule has 0 bridgehead atoms. The van der Waals surface area contributed by atoms with E-state index in [2.05, 4.69) is 4.98 Å². The smallest absolute Gasteiger partial charge is 0.256 e. The van der Waals surface area contributed by atoms with Crippen molar-refractivity contribution in [3.63, 3.8) is 0 Å². The molecule has 1 aliphatic rings. The lowest BCUT2D eigenvalue weighted by molar-refractivity contribution is 0.0942. The van der Waals surface area contributed by atoms with E-state index in [1.807, 2.05) is 0 Å². The first-order valence-corrected chi connectivity index (χ1v) is 6.95. The summed E-state index contributed by atoms with van der Waals surface area (Å²) in [5, 5.41) is -0.724. The van der Waals surface area contributed by atoms with E-state index in [0.29, 0.717) is 17.9 Å². The highest BCUT2D eigenvalue weighted by molar-refractivity contribution is 6.68. The fourth-order valence-corrected chi connectivity index (χ4v) is 2.88. The average Bonchev–Trinajstić information content (AvgIpc) is 2.39. The number of anilines is 1. The van der Waals surface area contributed by atoms with Crippen molar-refractivity contribution in [3.05, 3.63) is 23.4 Å². The predicted molar refractivity (Wildman–Crippen MR) is 74.4 cm³/mol. The first kappa shape index (κ1) is 14.0. The zero-order valence-corrected chi connectivity index (χ0v) is 11.4. The van der Waals surface area contributed by atoms with Crippen molar-refractivity contribution in [2.24, 2.45) is 5.92 Å². The fourth-order valence-electron chi connectivity index (χ4n) is 2.68. The molecule has 0 unspecified atom stereocenters. The largest absolute Gasteiger partial charge is 0.383 e. The standard InChI is InChI=1S/C14H17ClN2O2/c15-13(19)12-10(6-7-17-14(12)16)11(18)8-9-4-2-1-3-5-9/h6-7,9H,1-5,8H2,(H2,16,17). The lowest BCUT2D eigenvalue weighted by atomic mass is 9.84. The number of nitrogen functional groups attached to an aromatic ring is 1. The molecule has 1 aromatic rings. The van der Waals surface area contributed by atoms with Crippen molar-refractivity contribution in [1.29, 1.82) is 0 Å².